The summed E-state index contributed by atoms with van der Waals surface area (Å²) in [5.74, 6) is 0.727. The molecule has 3 aromatic rings. The van der Waals surface area contributed by atoms with Gasteiger partial charge in [0.1, 0.15) is 18.6 Å². The van der Waals surface area contributed by atoms with E-state index >= 15 is 0 Å². The number of aromatic nitrogens is 1. The van der Waals surface area contributed by atoms with Crippen molar-refractivity contribution in [2.75, 3.05) is 0 Å². The summed E-state index contributed by atoms with van der Waals surface area (Å²) in [5, 5.41) is 0.988. The molecule has 3 nitrogen and oxygen atoms in total. The van der Waals surface area contributed by atoms with E-state index in [9.17, 15) is 4.79 Å². The van der Waals surface area contributed by atoms with E-state index in [2.05, 4.69) is 4.98 Å². The molecule has 0 saturated carbocycles. The Morgan fingerprint density at radius 2 is 1.95 bits per heavy atom. The maximum Gasteiger partial charge on any atom is 0.150 e. The number of nitrogens with one attached hydrogen (secondary N) is 1. The molecule has 0 amide bonds. The van der Waals surface area contributed by atoms with Gasteiger partial charge in [0.15, 0.2) is 0 Å². The van der Waals surface area contributed by atoms with E-state index in [1.165, 1.54) is 0 Å². The second-order valence-electron chi connectivity index (χ2n) is 4.35. The second-order valence-corrected chi connectivity index (χ2v) is 4.35. The van der Waals surface area contributed by atoms with E-state index in [-0.39, 0.29) is 0 Å². The lowest BCUT2D eigenvalue weighted by Crippen LogP contribution is -1.96. The summed E-state index contributed by atoms with van der Waals surface area (Å²) in [6.45, 7) is 0.490. The van der Waals surface area contributed by atoms with Crippen molar-refractivity contribution in [1.82, 2.24) is 4.98 Å². The summed E-state index contributed by atoms with van der Waals surface area (Å²) in [6, 6.07) is 15.5. The number of carbonyl (C=O) groups is 1. The van der Waals surface area contributed by atoms with Crippen molar-refractivity contribution < 1.29 is 9.53 Å². The first kappa shape index (κ1) is 11.5. The van der Waals surface area contributed by atoms with Gasteiger partial charge in [-0.1, -0.05) is 30.3 Å². The van der Waals surface area contributed by atoms with Crippen LogP contribution in [0.15, 0.2) is 54.7 Å². The van der Waals surface area contributed by atoms with Crippen molar-refractivity contribution in [3.8, 4) is 5.75 Å². The van der Waals surface area contributed by atoms with Gasteiger partial charge in [0, 0.05) is 22.7 Å². The minimum atomic E-state index is 0.490. The average Bonchev–Trinajstić information content (AvgIpc) is 2.94. The number of rotatable bonds is 4. The van der Waals surface area contributed by atoms with E-state index < -0.39 is 0 Å². The minimum Gasteiger partial charge on any atom is -0.488 e. The van der Waals surface area contributed by atoms with Gasteiger partial charge < -0.3 is 9.72 Å². The molecule has 19 heavy (non-hydrogen) atoms. The van der Waals surface area contributed by atoms with Crippen LogP contribution in [-0.4, -0.2) is 11.3 Å². The Bertz CT molecular complexity index is 701. The van der Waals surface area contributed by atoms with Gasteiger partial charge in [-0.05, 0) is 23.8 Å². The van der Waals surface area contributed by atoms with Crippen molar-refractivity contribution in [3.05, 3.63) is 65.9 Å². The van der Waals surface area contributed by atoms with Crippen molar-refractivity contribution in [1.29, 1.82) is 0 Å². The first-order valence-electron chi connectivity index (χ1n) is 6.10. The summed E-state index contributed by atoms with van der Waals surface area (Å²) < 4.78 is 5.83. The van der Waals surface area contributed by atoms with Crippen LogP contribution >= 0.6 is 0 Å². The lowest BCUT2D eigenvalue weighted by atomic mass is 10.1. The smallest absolute Gasteiger partial charge is 0.150 e. The molecule has 1 N–H and O–H groups in total. The molecule has 1 heterocycles. The number of aromatic amines is 1. The maximum absolute atomic E-state index is 10.9. The molecule has 0 saturated heterocycles. The zero-order valence-electron chi connectivity index (χ0n) is 10.3. The number of hydrogen-bond donors (Lipinski definition) is 1. The molecular formula is C16H13NO2. The fourth-order valence-corrected chi connectivity index (χ4v) is 2.08. The number of fused-ring (bicyclic) bond motifs is 1. The molecule has 0 unspecified atom stereocenters. The Hall–Kier alpha value is -2.55. The van der Waals surface area contributed by atoms with Crippen LogP contribution in [0.4, 0.5) is 0 Å². The van der Waals surface area contributed by atoms with Gasteiger partial charge in [-0.15, -0.1) is 0 Å². The van der Waals surface area contributed by atoms with E-state index in [0.717, 1.165) is 28.5 Å². The Morgan fingerprint density at radius 3 is 2.74 bits per heavy atom. The Labute approximate surface area is 110 Å². The fourth-order valence-electron chi connectivity index (χ4n) is 2.08. The van der Waals surface area contributed by atoms with Crippen LogP contribution < -0.4 is 4.74 Å². The van der Waals surface area contributed by atoms with Gasteiger partial charge in [0.05, 0.1) is 0 Å². The number of aldehydes is 1. The Balaban J connectivity index is 1.91. The molecule has 1 aromatic heterocycles. The highest BCUT2D eigenvalue weighted by atomic mass is 16.5. The molecule has 94 valence electrons. The van der Waals surface area contributed by atoms with Crippen LogP contribution in [-0.2, 0) is 6.61 Å². The summed E-state index contributed by atoms with van der Waals surface area (Å²) in [7, 11) is 0. The third-order valence-electron chi connectivity index (χ3n) is 3.03. The number of carbonyl (C=O) groups excluding carboxylic acids is 1. The normalized spacial score (nSPS) is 10.5. The van der Waals surface area contributed by atoms with Crippen molar-refractivity contribution >= 4 is 17.2 Å². The zero-order chi connectivity index (χ0) is 13.1. The molecule has 0 spiro atoms. The zero-order valence-corrected chi connectivity index (χ0v) is 10.3. The standard InChI is InChI=1S/C16H13NO2/c18-10-13-8-15-14(6-7-17-15)16(9-13)19-11-12-4-2-1-3-5-12/h1-10,17H,11H2. The Kier molecular flexibility index (Phi) is 3.02. The molecule has 0 bridgehead atoms. The third-order valence-corrected chi connectivity index (χ3v) is 3.03. The fraction of sp³-hybridized carbons (Fsp3) is 0.0625. The molecule has 3 rings (SSSR count). The molecule has 0 fully saturated rings. The minimum absolute atomic E-state index is 0.490. The molecule has 0 aliphatic carbocycles. The Morgan fingerprint density at radius 1 is 1.11 bits per heavy atom. The molecule has 3 heteroatoms. The number of ether oxygens (including phenoxy) is 1. The van der Waals surface area contributed by atoms with E-state index in [0.29, 0.717) is 12.2 Å². The lowest BCUT2D eigenvalue weighted by Gasteiger charge is -2.08. The molecule has 2 aromatic carbocycles. The quantitative estimate of drug-likeness (QED) is 0.720. The van der Waals surface area contributed by atoms with Crippen LogP contribution in [0, 0.1) is 0 Å². The van der Waals surface area contributed by atoms with Crippen LogP contribution in [0.25, 0.3) is 10.9 Å². The molecular weight excluding hydrogens is 238 g/mol. The van der Waals surface area contributed by atoms with Gasteiger partial charge in [-0.25, -0.2) is 0 Å². The van der Waals surface area contributed by atoms with Gasteiger partial charge >= 0.3 is 0 Å². The number of hydrogen-bond acceptors (Lipinski definition) is 2. The van der Waals surface area contributed by atoms with Crippen molar-refractivity contribution in [2.24, 2.45) is 0 Å². The maximum atomic E-state index is 10.9. The number of benzene rings is 2. The predicted octanol–water partition coefficient (Wildman–Crippen LogP) is 3.56. The first-order chi connectivity index (χ1) is 9.36. The summed E-state index contributed by atoms with van der Waals surface area (Å²) in [5.41, 5.74) is 2.62. The van der Waals surface area contributed by atoms with E-state index in [4.69, 9.17) is 4.74 Å². The highest BCUT2D eigenvalue weighted by Gasteiger charge is 2.06. The lowest BCUT2D eigenvalue weighted by molar-refractivity contribution is 0.112. The first-order valence-corrected chi connectivity index (χ1v) is 6.10. The van der Waals surface area contributed by atoms with Gasteiger partial charge in [0.2, 0.25) is 0 Å². The summed E-state index contributed by atoms with van der Waals surface area (Å²) in [6.07, 6.45) is 2.67. The monoisotopic (exact) mass is 251 g/mol. The van der Waals surface area contributed by atoms with Crippen molar-refractivity contribution in [3.63, 3.8) is 0 Å². The summed E-state index contributed by atoms with van der Waals surface area (Å²) in [4.78, 5) is 14.0. The SMILES string of the molecule is O=Cc1cc(OCc2ccccc2)c2cc[nH]c2c1. The molecule has 0 aliphatic rings. The largest absolute Gasteiger partial charge is 0.488 e. The number of H-pyrrole nitrogens is 1. The van der Waals surface area contributed by atoms with Crippen LogP contribution in [0.1, 0.15) is 15.9 Å². The topological polar surface area (TPSA) is 42.1 Å². The third kappa shape index (κ3) is 2.36. The van der Waals surface area contributed by atoms with Crippen LogP contribution in [0.2, 0.25) is 0 Å². The molecule has 0 aliphatic heterocycles. The van der Waals surface area contributed by atoms with Gasteiger partial charge in [-0.2, -0.15) is 0 Å². The van der Waals surface area contributed by atoms with Crippen LogP contribution in [0.5, 0.6) is 5.75 Å². The average molecular weight is 251 g/mol. The van der Waals surface area contributed by atoms with Gasteiger partial charge in [-0.3, -0.25) is 4.79 Å². The van der Waals surface area contributed by atoms with E-state index in [1.807, 2.05) is 48.7 Å². The van der Waals surface area contributed by atoms with Gasteiger partial charge in [0.25, 0.3) is 0 Å². The second kappa shape index (κ2) is 4.98. The summed E-state index contributed by atoms with van der Waals surface area (Å²) >= 11 is 0. The van der Waals surface area contributed by atoms with Crippen LogP contribution in [0.3, 0.4) is 0 Å². The highest BCUT2D eigenvalue weighted by Crippen LogP contribution is 2.27. The molecule has 0 radical (unpaired) electrons. The molecule has 0 atom stereocenters. The highest BCUT2D eigenvalue weighted by molar-refractivity contribution is 5.91. The predicted molar refractivity (Wildman–Crippen MR) is 74.5 cm³/mol. The van der Waals surface area contributed by atoms with E-state index in [1.54, 1.807) is 6.07 Å². The van der Waals surface area contributed by atoms with Crippen molar-refractivity contribution in [2.45, 2.75) is 6.61 Å².